The molecule has 148 valence electrons. The zero-order valence-corrected chi connectivity index (χ0v) is 16.8. The highest BCUT2D eigenvalue weighted by atomic mass is 16.5. The quantitative estimate of drug-likeness (QED) is 0.766. The van der Waals surface area contributed by atoms with E-state index in [-0.39, 0.29) is 18.4 Å². The first-order valence-electron chi connectivity index (χ1n) is 9.85. The number of anilines is 1. The minimum absolute atomic E-state index is 0.0468. The van der Waals surface area contributed by atoms with Gasteiger partial charge >= 0.3 is 0 Å². The van der Waals surface area contributed by atoms with Crippen molar-refractivity contribution in [3.63, 3.8) is 0 Å². The molecule has 0 bridgehead atoms. The Bertz CT molecular complexity index is 874. The molecule has 2 N–H and O–H groups in total. The molecule has 0 saturated heterocycles. The Kier molecular flexibility index (Phi) is 6.34. The zero-order valence-electron chi connectivity index (χ0n) is 16.8. The monoisotopic (exact) mass is 380 g/mol. The summed E-state index contributed by atoms with van der Waals surface area (Å²) in [5.41, 5.74) is 4.81. The molecule has 28 heavy (non-hydrogen) atoms. The normalized spacial score (nSPS) is 12.6. The molecule has 0 radical (unpaired) electrons. The second-order valence-electron chi connectivity index (χ2n) is 7.75. The predicted octanol–water partition coefficient (Wildman–Crippen LogP) is 3.89. The van der Waals surface area contributed by atoms with Crippen molar-refractivity contribution in [1.82, 2.24) is 5.32 Å². The molecule has 2 amide bonds. The standard InChI is InChI=1S/C23H28N2O3/c1-15(2)13-24-23(27)19-8-10-21(16(3)11-19)25-22(26)14-28-20-9-7-17-5-4-6-18(17)12-20/h7-12,15H,4-6,13-14H2,1-3H3,(H,24,27)(H,25,26). The average molecular weight is 380 g/mol. The molecule has 3 rings (SSSR count). The van der Waals surface area contributed by atoms with Crippen LogP contribution in [0.15, 0.2) is 36.4 Å². The van der Waals surface area contributed by atoms with Crippen LogP contribution in [0, 0.1) is 12.8 Å². The molecule has 0 saturated carbocycles. The fourth-order valence-electron chi connectivity index (χ4n) is 3.32. The summed E-state index contributed by atoms with van der Waals surface area (Å²) in [6, 6.07) is 11.3. The van der Waals surface area contributed by atoms with Crippen molar-refractivity contribution in [3.8, 4) is 5.75 Å². The van der Waals surface area contributed by atoms with Gasteiger partial charge in [-0.2, -0.15) is 0 Å². The van der Waals surface area contributed by atoms with Gasteiger partial charge in [-0.25, -0.2) is 0 Å². The molecule has 2 aromatic carbocycles. The van der Waals surface area contributed by atoms with Crippen molar-refractivity contribution in [2.75, 3.05) is 18.5 Å². The Morgan fingerprint density at radius 2 is 1.86 bits per heavy atom. The second kappa shape index (κ2) is 8.91. The molecule has 0 aliphatic heterocycles. The van der Waals surface area contributed by atoms with Crippen molar-refractivity contribution in [3.05, 3.63) is 58.7 Å². The molecular formula is C23H28N2O3. The Balaban J connectivity index is 1.54. The Hall–Kier alpha value is -2.82. The van der Waals surface area contributed by atoms with Crippen molar-refractivity contribution >= 4 is 17.5 Å². The third kappa shape index (κ3) is 5.12. The fraction of sp³-hybridized carbons (Fsp3) is 0.391. The first kappa shape index (κ1) is 19.9. The van der Waals surface area contributed by atoms with Crippen LogP contribution in [0.25, 0.3) is 0 Å². The number of carbonyl (C=O) groups is 2. The highest BCUT2D eigenvalue weighted by Gasteiger charge is 2.13. The van der Waals surface area contributed by atoms with Gasteiger partial charge in [0, 0.05) is 17.8 Å². The van der Waals surface area contributed by atoms with Gasteiger partial charge in [0.1, 0.15) is 5.75 Å². The zero-order chi connectivity index (χ0) is 20.1. The van der Waals surface area contributed by atoms with Crippen molar-refractivity contribution < 1.29 is 14.3 Å². The number of nitrogens with one attached hydrogen (secondary N) is 2. The van der Waals surface area contributed by atoms with Gasteiger partial charge in [-0.05, 0) is 79.1 Å². The van der Waals surface area contributed by atoms with Crippen molar-refractivity contribution in [1.29, 1.82) is 0 Å². The predicted molar refractivity (Wildman–Crippen MR) is 111 cm³/mol. The molecule has 1 aliphatic rings. The van der Waals surface area contributed by atoms with Crippen LogP contribution < -0.4 is 15.4 Å². The molecule has 5 heteroatoms. The SMILES string of the molecule is Cc1cc(C(=O)NCC(C)C)ccc1NC(=O)COc1ccc2c(c1)CCC2. The number of ether oxygens (including phenoxy) is 1. The molecule has 1 aliphatic carbocycles. The molecule has 0 heterocycles. The van der Waals surface area contributed by atoms with Gasteiger partial charge in [0.25, 0.3) is 11.8 Å². The number of hydrogen-bond acceptors (Lipinski definition) is 3. The van der Waals surface area contributed by atoms with E-state index in [1.165, 1.54) is 17.5 Å². The lowest BCUT2D eigenvalue weighted by Gasteiger charge is -2.12. The first-order valence-corrected chi connectivity index (χ1v) is 9.85. The van der Waals surface area contributed by atoms with Crippen molar-refractivity contribution in [2.24, 2.45) is 5.92 Å². The Morgan fingerprint density at radius 1 is 1.07 bits per heavy atom. The number of amides is 2. The number of benzene rings is 2. The van der Waals surface area contributed by atoms with Gasteiger partial charge in [0.15, 0.2) is 6.61 Å². The van der Waals surface area contributed by atoms with E-state index in [2.05, 4.69) is 30.5 Å². The smallest absolute Gasteiger partial charge is 0.262 e. The van der Waals surface area contributed by atoms with E-state index in [9.17, 15) is 9.59 Å². The Morgan fingerprint density at radius 3 is 2.61 bits per heavy atom. The van der Waals surface area contributed by atoms with Crippen LogP contribution in [0.2, 0.25) is 0 Å². The van der Waals surface area contributed by atoms with E-state index in [1.54, 1.807) is 18.2 Å². The molecule has 0 fully saturated rings. The summed E-state index contributed by atoms with van der Waals surface area (Å²) >= 11 is 0. The largest absolute Gasteiger partial charge is 0.484 e. The molecule has 0 atom stereocenters. The van der Waals surface area contributed by atoms with Gasteiger partial charge in [-0.15, -0.1) is 0 Å². The molecular weight excluding hydrogens is 352 g/mol. The summed E-state index contributed by atoms with van der Waals surface area (Å²) in [6.45, 7) is 6.56. The van der Waals surface area contributed by atoms with E-state index in [0.29, 0.717) is 23.7 Å². The fourth-order valence-corrected chi connectivity index (χ4v) is 3.32. The maximum atomic E-state index is 12.3. The minimum Gasteiger partial charge on any atom is -0.484 e. The topological polar surface area (TPSA) is 67.4 Å². The highest BCUT2D eigenvalue weighted by molar-refractivity contribution is 5.96. The van der Waals surface area contributed by atoms with E-state index >= 15 is 0 Å². The van der Waals surface area contributed by atoms with Gasteiger partial charge in [0.2, 0.25) is 0 Å². The van der Waals surface area contributed by atoms with E-state index < -0.39 is 0 Å². The number of carbonyl (C=O) groups excluding carboxylic acids is 2. The van der Waals surface area contributed by atoms with E-state index in [1.807, 2.05) is 19.1 Å². The summed E-state index contributed by atoms with van der Waals surface area (Å²) in [4.78, 5) is 24.4. The molecule has 2 aromatic rings. The average Bonchev–Trinajstić information content (AvgIpc) is 3.13. The first-order chi connectivity index (χ1) is 13.4. The van der Waals surface area contributed by atoms with Crippen LogP contribution in [0.3, 0.4) is 0 Å². The van der Waals surface area contributed by atoms with Crippen LogP contribution in [0.1, 0.15) is 47.3 Å². The third-order valence-corrected chi connectivity index (χ3v) is 4.87. The number of rotatable bonds is 7. The van der Waals surface area contributed by atoms with Crippen LogP contribution in [-0.2, 0) is 17.6 Å². The van der Waals surface area contributed by atoms with Crippen LogP contribution in [0.4, 0.5) is 5.69 Å². The lowest BCUT2D eigenvalue weighted by atomic mass is 10.1. The third-order valence-electron chi connectivity index (χ3n) is 4.87. The van der Waals surface area contributed by atoms with Gasteiger partial charge in [-0.3, -0.25) is 9.59 Å². The number of fused-ring (bicyclic) bond motifs is 1. The summed E-state index contributed by atoms with van der Waals surface area (Å²) < 4.78 is 5.65. The van der Waals surface area contributed by atoms with Crippen LogP contribution in [-0.4, -0.2) is 25.0 Å². The lowest BCUT2D eigenvalue weighted by molar-refractivity contribution is -0.118. The second-order valence-corrected chi connectivity index (χ2v) is 7.75. The molecule has 0 aromatic heterocycles. The van der Waals surface area contributed by atoms with Gasteiger partial charge in [-0.1, -0.05) is 19.9 Å². The minimum atomic E-state index is -0.222. The van der Waals surface area contributed by atoms with Gasteiger partial charge in [0.05, 0.1) is 0 Å². The number of hydrogen-bond donors (Lipinski definition) is 2. The molecule has 5 nitrogen and oxygen atoms in total. The summed E-state index contributed by atoms with van der Waals surface area (Å²) in [5, 5.41) is 5.75. The van der Waals surface area contributed by atoms with Crippen LogP contribution in [0.5, 0.6) is 5.75 Å². The van der Waals surface area contributed by atoms with Gasteiger partial charge < -0.3 is 15.4 Å². The van der Waals surface area contributed by atoms with E-state index in [0.717, 1.165) is 24.2 Å². The summed E-state index contributed by atoms with van der Waals surface area (Å²) in [7, 11) is 0. The van der Waals surface area contributed by atoms with E-state index in [4.69, 9.17) is 4.74 Å². The maximum absolute atomic E-state index is 12.3. The maximum Gasteiger partial charge on any atom is 0.262 e. The molecule has 0 unspecified atom stereocenters. The summed E-state index contributed by atoms with van der Waals surface area (Å²) in [6.07, 6.45) is 3.39. The Labute approximate surface area is 166 Å². The molecule has 0 spiro atoms. The highest BCUT2D eigenvalue weighted by Crippen LogP contribution is 2.26. The number of aryl methyl sites for hydroxylation is 3. The summed E-state index contributed by atoms with van der Waals surface area (Å²) in [5.74, 6) is 0.800. The van der Waals surface area contributed by atoms with Crippen molar-refractivity contribution in [2.45, 2.75) is 40.0 Å². The van der Waals surface area contributed by atoms with Crippen LogP contribution >= 0.6 is 0 Å². The lowest BCUT2D eigenvalue weighted by Crippen LogP contribution is -2.27.